The summed E-state index contributed by atoms with van der Waals surface area (Å²) >= 11 is 2.03. The van der Waals surface area contributed by atoms with Gasteiger partial charge in [-0.1, -0.05) is 0 Å². The summed E-state index contributed by atoms with van der Waals surface area (Å²) in [5, 5.41) is 3.61. The minimum atomic E-state index is 0.236. The van der Waals surface area contributed by atoms with Crippen molar-refractivity contribution in [3.05, 3.63) is 23.8 Å². The molecule has 1 fully saturated rings. The zero-order valence-electron chi connectivity index (χ0n) is 10.8. The first-order valence-corrected chi connectivity index (χ1v) is 7.42. The topological polar surface area (TPSA) is 21.3 Å². The maximum absolute atomic E-state index is 5.69. The molecule has 0 radical (unpaired) electrons. The highest BCUT2D eigenvalue weighted by molar-refractivity contribution is 7.99. The lowest BCUT2D eigenvalue weighted by atomic mass is 10.1. The molecule has 1 N–H and O–H groups in total. The minimum absolute atomic E-state index is 0.236. The SMILES string of the molecule is Cc1cc(OC(C)C)ccc1NC1CCSC1. The standard InChI is InChI=1S/C14H21NOS/c1-10(2)16-13-4-5-14(11(3)8-13)15-12-6-7-17-9-12/h4-5,8,10,12,15H,6-7,9H2,1-3H3. The van der Waals surface area contributed by atoms with E-state index in [1.165, 1.54) is 29.2 Å². The zero-order valence-corrected chi connectivity index (χ0v) is 11.6. The lowest BCUT2D eigenvalue weighted by Crippen LogP contribution is -2.18. The second-order valence-corrected chi connectivity index (χ2v) is 6.00. The van der Waals surface area contributed by atoms with Gasteiger partial charge in [0.15, 0.2) is 0 Å². The van der Waals surface area contributed by atoms with Crippen LogP contribution in [0.3, 0.4) is 0 Å². The Morgan fingerprint density at radius 2 is 2.24 bits per heavy atom. The molecule has 2 rings (SSSR count). The van der Waals surface area contributed by atoms with Crippen molar-refractivity contribution in [3.8, 4) is 5.75 Å². The summed E-state index contributed by atoms with van der Waals surface area (Å²) in [6.07, 6.45) is 1.51. The van der Waals surface area contributed by atoms with Crippen LogP contribution in [-0.2, 0) is 0 Å². The monoisotopic (exact) mass is 251 g/mol. The summed E-state index contributed by atoms with van der Waals surface area (Å²) in [7, 11) is 0. The predicted octanol–water partition coefficient (Wildman–Crippen LogP) is 3.70. The number of benzene rings is 1. The number of thioether (sulfide) groups is 1. The van der Waals surface area contributed by atoms with Gasteiger partial charge in [0, 0.05) is 17.5 Å². The van der Waals surface area contributed by atoms with Gasteiger partial charge in [-0.3, -0.25) is 0 Å². The van der Waals surface area contributed by atoms with Crippen LogP contribution < -0.4 is 10.1 Å². The fraction of sp³-hybridized carbons (Fsp3) is 0.571. The molecule has 1 aromatic carbocycles. The summed E-state index contributed by atoms with van der Waals surface area (Å²) in [4.78, 5) is 0. The Bertz CT molecular complexity index is 372. The van der Waals surface area contributed by atoms with E-state index in [1.807, 2.05) is 11.8 Å². The molecule has 1 heterocycles. The molecule has 0 amide bonds. The molecule has 1 aliphatic heterocycles. The smallest absolute Gasteiger partial charge is 0.120 e. The van der Waals surface area contributed by atoms with Crippen LogP contribution in [-0.4, -0.2) is 23.7 Å². The molecule has 0 spiro atoms. The van der Waals surface area contributed by atoms with Crippen molar-refractivity contribution < 1.29 is 4.74 Å². The van der Waals surface area contributed by atoms with E-state index in [2.05, 4.69) is 44.3 Å². The third-order valence-corrected chi connectivity index (χ3v) is 4.02. The minimum Gasteiger partial charge on any atom is -0.491 e. The number of aryl methyl sites for hydroxylation is 1. The van der Waals surface area contributed by atoms with Crippen LogP contribution in [0.1, 0.15) is 25.8 Å². The highest BCUT2D eigenvalue weighted by Gasteiger charge is 2.15. The summed E-state index contributed by atoms with van der Waals surface area (Å²) in [6, 6.07) is 6.94. The number of hydrogen-bond donors (Lipinski definition) is 1. The molecule has 94 valence electrons. The Hall–Kier alpha value is -0.830. The van der Waals surface area contributed by atoms with E-state index in [1.54, 1.807) is 0 Å². The largest absolute Gasteiger partial charge is 0.491 e. The summed E-state index contributed by atoms with van der Waals surface area (Å²) in [6.45, 7) is 6.24. The Morgan fingerprint density at radius 1 is 1.41 bits per heavy atom. The van der Waals surface area contributed by atoms with E-state index in [0.717, 1.165) is 5.75 Å². The van der Waals surface area contributed by atoms with E-state index in [-0.39, 0.29) is 6.10 Å². The maximum atomic E-state index is 5.69. The van der Waals surface area contributed by atoms with Gasteiger partial charge >= 0.3 is 0 Å². The Labute approximate surface area is 108 Å². The molecule has 1 saturated heterocycles. The average molecular weight is 251 g/mol. The average Bonchev–Trinajstić information content (AvgIpc) is 2.74. The lowest BCUT2D eigenvalue weighted by molar-refractivity contribution is 0.242. The van der Waals surface area contributed by atoms with Gasteiger partial charge in [-0.05, 0) is 56.7 Å². The molecule has 1 atom stereocenters. The molecule has 17 heavy (non-hydrogen) atoms. The van der Waals surface area contributed by atoms with Gasteiger partial charge in [-0.25, -0.2) is 0 Å². The first-order chi connectivity index (χ1) is 8.15. The first kappa shape index (κ1) is 12.6. The van der Waals surface area contributed by atoms with Crippen molar-refractivity contribution in [1.29, 1.82) is 0 Å². The van der Waals surface area contributed by atoms with Gasteiger partial charge < -0.3 is 10.1 Å². The van der Waals surface area contributed by atoms with Crippen molar-refractivity contribution >= 4 is 17.4 Å². The Balaban J connectivity index is 2.03. The van der Waals surface area contributed by atoms with Crippen molar-refractivity contribution in [3.63, 3.8) is 0 Å². The molecule has 0 bridgehead atoms. The van der Waals surface area contributed by atoms with Gasteiger partial charge in [0.25, 0.3) is 0 Å². The van der Waals surface area contributed by atoms with Crippen molar-refractivity contribution in [2.24, 2.45) is 0 Å². The third-order valence-electron chi connectivity index (χ3n) is 2.86. The van der Waals surface area contributed by atoms with Crippen LogP contribution in [0.2, 0.25) is 0 Å². The van der Waals surface area contributed by atoms with Crippen molar-refractivity contribution in [2.75, 3.05) is 16.8 Å². The number of anilines is 1. The second-order valence-electron chi connectivity index (χ2n) is 4.85. The van der Waals surface area contributed by atoms with E-state index in [9.17, 15) is 0 Å². The molecule has 0 aromatic heterocycles. The first-order valence-electron chi connectivity index (χ1n) is 6.27. The molecular formula is C14H21NOS. The van der Waals surface area contributed by atoms with Crippen LogP contribution in [0, 0.1) is 6.92 Å². The number of hydrogen-bond acceptors (Lipinski definition) is 3. The zero-order chi connectivity index (χ0) is 12.3. The number of ether oxygens (including phenoxy) is 1. The van der Waals surface area contributed by atoms with Gasteiger partial charge in [-0.15, -0.1) is 0 Å². The van der Waals surface area contributed by atoms with E-state index < -0.39 is 0 Å². The van der Waals surface area contributed by atoms with E-state index in [4.69, 9.17) is 4.74 Å². The van der Waals surface area contributed by atoms with E-state index >= 15 is 0 Å². The van der Waals surface area contributed by atoms with Gasteiger partial charge in [0.2, 0.25) is 0 Å². The summed E-state index contributed by atoms with van der Waals surface area (Å²) in [5.74, 6) is 3.47. The fourth-order valence-corrected chi connectivity index (χ4v) is 3.16. The Morgan fingerprint density at radius 3 is 2.82 bits per heavy atom. The quantitative estimate of drug-likeness (QED) is 0.881. The fourth-order valence-electron chi connectivity index (χ4n) is 2.01. The van der Waals surface area contributed by atoms with Crippen LogP contribution >= 0.6 is 11.8 Å². The highest BCUT2D eigenvalue weighted by atomic mass is 32.2. The molecule has 0 saturated carbocycles. The summed E-state index contributed by atoms with van der Waals surface area (Å²) < 4.78 is 5.69. The van der Waals surface area contributed by atoms with E-state index in [0.29, 0.717) is 6.04 Å². The Kier molecular flexibility index (Phi) is 4.21. The molecule has 1 aromatic rings. The van der Waals surface area contributed by atoms with Crippen molar-refractivity contribution in [1.82, 2.24) is 0 Å². The lowest BCUT2D eigenvalue weighted by Gasteiger charge is -2.17. The molecular weight excluding hydrogens is 230 g/mol. The van der Waals surface area contributed by atoms with Gasteiger partial charge in [-0.2, -0.15) is 11.8 Å². The summed E-state index contributed by atoms with van der Waals surface area (Å²) in [5.41, 5.74) is 2.51. The van der Waals surface area contributed by atoms with Crippen LogP contribution in [0.15, 0.2) is 18.2 Å². The van der Waals surface area contributed by atoms with Crippen LogP contribution in [0.5, 0.6) is 5.75 Å². The van der Waals surface area contributed by atoms with Gasteiger partial charge in [0.1, 0.15) is 5.75 Å². The number of rotatable bonds is 4. The third kappa shape index (κ3) is 3.56. The molecule has 0 aliphatic carbocycles. The second kappa shape index (κ2) is 5.67. The van der Waals surface area contributed by atoms with Crippen LogP contribution in [0.25, 0.3) is 0 Å². The normalized spacial score (nSPS) is 19.6. The van der Waals surface area contributed by atoms with Crippen molar-refractivity contribution in [2.45, 2.75) is 39.3 Å². The number of nitrogens with one attached hydrogen (secondary N) is 1. The molecule has 3 heteroatoms. The van der Waals surface area contributed by atoms with Crippen LogP contribution in [0.4, 0.5) is 5.69 Å². The van der Waals surface area contributed by atoms with Gasteiger partial charge in [0.05, 0.1) is 6.10 Å². The molecule has 1 unspecified atom stereocenters. The maximum Gasteiger partial charge on any atom is 0.120 e. The molecule has 2 nitrogen and oxygen atoms in total. The highest BCUT2D eigenvalue weighted by Crippen LogP contribution is 2.26. The molecule has 1 aliphatic rings. The predicted molar refractivity (Wildman–Crippen MR) is 76.3 cm³/mol.